The molecule has 0 unspecified atom stereocenters. The molecule has 3 heteroatoms. The standard InChI is InChI=1S/C39H25N3/c1-2-13-28(14-3-1)37-40-38(35-20-10-16-27-12-6-7-17-31(27)35)42-39(41-37)36-24-23-32(33-18-8-9-19-34(33)36)30-22-21-26-11-4-5-15-29(26)25-30/h1-25H. The summed E-state index contributed by atoms with van der Waals surface area (Å²) >= 11 is 0. The summed E-state index contributed by atoms with van der Waals surface area (Å²) in [7, 11) is 0. The normalized spacial score (nSPS) is 11.3. The van der Waals surface area contributed by atoms with E-state index in [4.69, 9.17) is 15.0 Å². The SMILES string of the molecule is c1ccc(-c2nc(-c3cccc4ccccc34)nc(-c3ccc(-c4ccc5ccccc5c4)c4ccccc34)n2)cc1. The van der Waals surface area contributed by atoms with E-state index in [2.05, 4.69) is 121 Å². The molecule has 0 saturated heterocycles. The molecule has 0 amide bonds. The van der Waals surface area contributed by atoms with Gasteiger partial charge in [0.2, 0.25) is 0 Å². The Kier molecular flexibility index (Phi) is 5.79. The maximum Gasteiger partial charge on any atom is 0.164 e. The van der Waals surface area contributed by atoms with Crippen molar-refractivity contribution in [3.8, 4) is 45.3 Å². The molecule has 0 radical (unpaired) electrons. The molecule has 42 heavy (non-hydrogen) atoms. The zero-order valence-electron chi connectivity index (χ0n) is 22.8. The summed E-state index contributed by atoms with van der Waals surface area (Å²) in [5.41, 5.74) is 5.31. The van der Waals surface area contributed by atoms with Crippen molar-refractivity contribution in [1.29, 1.82) is 0 Å². The van der Waals surface area contributed by atoms with Gasteiger partial charge in [-0.15, -0.1) is 0 Å². The molecule has 0 atom stereocenters. The largest absolute Gasteiger partial charge is 0.208 e. The van der Waals surface area contributed by atoms with Crippen LogP contribution in [0.1, 0.15) is 0 Å². The Labute approximate surface area is 243 Å². The first-order chi connectivity index (χ1) is 20.8. The number of hydrogen-bond donors (Lipinski definition) is 0. The average Bonchev–Trinajstić information content (AvgIpc) is 3.07. The van der Waals surface area contributed by atoms with Gasteiger partial charge in [-0.25, -0.2) is 15.0 Å². The predicted octanol–water partition coefficient (Wildman–Crippen LogP) is 10.00. The quantitative estimate of drug-likeness (QED) is 0.225. The predicted molar refractivity (Wildman–Crippen MR) is 174 cm³/mol. The Morgan fingerprint density at radius 2 is 0.833 bits per heavy atom. The summed E-state index contributed by atoms with van der Waals surface area (Å²) in [5.74, 6) is 1.98. The van der Waals surface area contributed by atoms with Gasteiger partial charge >= 0.3 is 0 Å². The monoisotopic (exact) mass is 535 g/mol. The molecule has 0 bridgehead atoms. The Balaban J connectivity index is 1.36. The Hall–Kier alpha value is -5.67. The third-order valence-corrected chi connectivity index (χ3v) is 7.92. The van der Waals surface area contributed by atoms with Gasteiger partial charge in [-0.3, -0.25) is 0 Å². The molecular formula is C39H25N3. The first-order valence-corrected chi connectivity index (χ1v) is 14.1. The number of hydrogen-bond acceptors (Lipinski definition) is 3. The molecule has 0 spiro atoms. The first-order valence-electron chi connectivity index (χ1n) is 14.1. The molecule has 3 nitrogen and oxygen atoms in total. The molecule has 0 aliphatic rings. The zero-order chi connectivity index (χ0) is 27.9. The van der Waals surface area contributed by atoms with Gasteiger partial charge in [0.05, 0.1) is 0 Å². The Bertz CT molecular complexity index is 2250. The number of benzene rings is 7. The first kappa shape index (κ1) is 24.2. The fourth-order valence-corrected chi connectivity index (χ4v) is 5.86. The van der Waals surface area contributed by atoms with E-state index in [1.54, 1.807) is 0 Å². The molecule has 1 aromatic heterocycles. The minimum absolute atomic E-state index is 0.659. The molecule has 196 valence electrons. The van der Waals surface area contributed by atoms with Crippen molar-refractivity contribution in [2.45, 2.75) is 0 Å². The maximum absolute atomic E-state index is 5.12. The lowest BCUT2D eigenvalue weighted by molar-refractivity contribution is 1.08. The van der Waals surface area contributed by atoms with Gasteiger partial charge in [0.1, 0.15) is 0 Å². The van der Waals surface area contributed by atoms with E-state index in [0.29, 0.717) is 17.5 Å². The van der Waals surface area contributed by atoms with E-state index >= 15 is 0 Å². The van der Waals surface area contributed by atoms with Crippen LogP contribution in [0.15, 0.2) is 152 Å². The maximum atomic E-state index is 5.12. The minimum Gasteiger partial charge on any atom is -0.208 e. The van der Waals surface area contributed by atoms with Gasteiger partial charge in [-0.1, -0.05) is 140 Å². The highest BCUT2D eigenvalue weighted by Gasteiger charge is 2.17. The van der Waals surface area contributed by atoms with E-state index in [-0.39, 0.29) is 0 Å². The second-order valence-corrected chi connectivity index (χ2v) is 10.5. The molecule has 0 fully saturated rings. The summed E-state index contributed by atoms with van der Waals surface area (Å²) < 4.78 is 0. The van der Waals surface area contributed by atoms with Gasteiger partial charge in [-0.2, -0.15) is 0 Å². The van der Waals surface area contributed by atoms with Crippen LogP contribution < -0.4 is 0 Å². The van der Waals surface area contributed by atoms with Gasteiger partial charge in [0, 0.05) is 16.7 Å². The summed E-state index contributed by atoms with van der Waals surface area (Å²) in [6, 6.07) is 52.9. The van der Waals surface area contributed by atoms with Crippen LogP contribution in [0, 0.1) is 0 Å². The summed E-state index contributed by atoms with van der Waals surface area (Å²) in [6.07, 6.45) is 0. The number of aromatic nitrogens is 3. The smallest absolute Gasteiger partial charge is 0.164 e. The Morgan fingerprint density at radius 3 is 1.62 bits per heavy atom. The molecule has 0 aliphatic heterocycles. The van der Waals surface area contributed by atoms with E-state index in [1.807, 2.05) is 30.3 Å². The van der Waals surface area contributed by atoms with Crippen molar-refractivity contribution in [2.24, 2.45) is 0 Å². The van der Waals surface area contributed by atoms with Crippen LogP contribution >= 0.6 is 0 Å². The number of fused-ring (bicyclic) bond motifs is 3. The molecule has 8 aromatic rings. The fourth-order valence-electron chi connectivity index (χ4n) is 5.86. The minimum atomic E-state index is 0.659. The van der Waals surface area contributed by atoms with Crippen molar-refractivity contribution >= 4 is 32.3 Å². The molecule has 8 rings (SSSR count). The third kappa shape index (κ3) is 4.20. The van der Waals surface area contributed by atoms with Crippen LogP contribution in [0.2, 0.25) is 0 Å². The highest BCUT2D eigenvalue weighted by atomic mass is 15.0. The van der Waals surface area contributed by atoms with Gasteiger partial charge in [-0.05, 0) is 55.6 Å². The van der Waals surface area contributed by atoms with E-state index in [9.17, 15) is 0 Å². The average molecular weight is 536 g/mol. The zero-order valence-corrected chi connectivity index (χ0v) is 22.8. The van der Waals surface area contributed by atoms with Gasteiger partial charge in [0.25, 0.3) is 0 Å². The highest BCUT2D eigenvalue weighted by Crippen LogP contribution is 2.37. The lowest BCUT2D eigenvalue weighted by Gasteiger charge is -2.14. The van der Waals surface area contributed by atoms with Crippen LogP contribution in [0.3, 0.4) is 0 Å². The van der Waals surface area contributed by atoms with Crippen molar-refractivity contribution in [3.05, 3.63) is 152 Å². The molecule has 0 N–H and O–H groups in total. The summed E-state index contributed by atoms with van der Waals surface area (Å²) in [6.45, 7) is 0. The van der Waals surface area contributed by atoms with Crippen LogP contribution in [0.4, 0.5) is 0 Å². The Morgan fingerprint density at radius 1 is 0.286 bits per heavy atom. The van der Waals surface area contributed by atoms with E-state index < -0.39 is 0 Å². The highest BCUT2D eigenvalue weighted by molar-refractivity contribution is 6.05. The van der Waals surface area contributed by atoms with Crippen molar-refractivity contribution < 1.29 is 0 Å². The van der Waals surface area contributed by atoms with Gasteiger partial charge < -0.3 is 0 Å². The summed E-state index contributed by atoms with van der Waals surface area (Å²) in [4.78, 5) is 15.2. The number of rotatable bonds is 4. The lowest BCUT2D eigenvalue weighted by Crippen LogP contribution is -2.01. The molecule has 0 aliphatic carbocycles. The van der Waals surface area contributed by atoms with Gasteiger partial charge in [0.15, 0.2) is 17.5 Å². The van der Waals surface area contributed by atoms with E-state index in [1.165, 1.54) is 27.3 Å². The lowest BCUT2D eigenvalue weighted by atomic mass is 9.93. The van der Waals surface area contributed by atoms with Crippen molar-refractivity contribution in [2.75, 3.05) is 0 Å². The topological polar surface area (TPSA) is 38.7 Å². The van der Waals surface area contributed by atoms with Crippen LogP contribution in [-0.4, -0.2) is 15.0 Å². The van der Waals surface area contributed by atoms with Crippen molar-refractivity contribution in [1.82, 2.24) is 15.0 Å². The second kappa shape index (κ2) is 10.1. The fraction of sp³-hybridized carbons (Fsp3) is 0. The van der Waals surface area contributed by atoms with Crippen LogP contribution in [0.25, 0.3) is 77.6 Å². The molecule has 7 aromatic carbocycles. The molecule has 0 saturated carbocycles. The molecular weight excluding hydrogens is 510 g/mol. The second-order valence-electron chi connectivity index (χ2n) is 10.5. The van der Waals surface area contributed by atoms with Crippen molar-refractivity contribution in [3.63, 3.8) is 0 Å². The van der Waals surface area contributed by atoms with Crippen LogP contribution in [0.5, 0.6) is 0 Å². The third-order valence-electron chi connectivity index (χ3n) is 7.92. The number of nitrogens with zero attached hydrogens (tertiary/aromatic N) is 3. The molecule has 1 heterocycles. The van der Waals surface area contributed by atoms with E-state index in [0.717, 1.165) is 32.8 Å². The summed E-state index contributed by atoms with van der Waals surface area (Å²) in [5, 5.41) is 7.02. The van der Waals surface area contributed by atoms with Crippen LogP contribution in [-0.2, 0) is 0 Å².